The molecule has 206 valence electrons. The Balaban J connectivity index is 2.22. The van der Waals surface area contributed by atoms with Gasteiger partial charge in [0.15, 0.2) is 5.60 Å². The number of carboxylic acid groups (broad SMARTS) is 1. The highest BCUT2D eigenvalue weighted by molar-refractivity contribution is 6.06. The minimum atomic E-state index is -1.43. The van der Waals surface area contributed by atoms with Crippen molar-refractivity contribution >= 4 is 11.9 Å². The van der Waals surface area contributed by atoms with E-state index in [0.29, 0.717) is 31.2 Å². The van der Waals surface area contributed by atoms with Gasteiger partial charge in [0, 0.05) is 16.7 Å². The second-order valence-corrected chi connectivity index (χ2v) is 10.3. The third kappa shape index (κ3) is 4.66. The molecule has 0 unspecified atom stereocenters. The number of hydrogen-bond acceptors (Lipinski definition) is 5. The van der Waals surface area contributed by atoms with Crippen LogP contribution in [0.3, 0.4) is 0 Å². The number of rotatable bonds is 11. The molecule has 0 spiro atoms. The van der Waals surface area contributed by atoms with E-state index in [1.54, 1.807) is 24.3 Å². The van der Waals surface area contributed by atoms with Crippen molar-refractivity contribution < 1.29 is 29.6 Å². The van der Waals surface area contributed by atoms with Gasteiger partial charge in [-0.3, -0.25) is 0 Å². The van der Waals surface area contributed by atoms with Crippen LogP contribution in [-0.2, 0) is 36.0 Å². The molecule has 6 nitrogen and oxygen atoms in total. The quantitative estimate of drug-likeness (QED) is 0.229. The number of cyclic esters (lactones) is 1. The Hall–Kier alpha value is -3.80. The summed E-state index contributed by atoms with van der Waals surface area (Å²) in [7, 11) is 0. The molecule has 0 saturated heterocycles. The van der Waals surface area contributed by atoms with E-state index in [4.69, 9.17) is 4.74 Å². The highest BCUT2D eigenvalue weighted by Gasteiger charge is 2.52. The first kappa shape index (κ1) is 28.2. The van der Waals surface area contributed by atoms with Crippen LogP contribution in [0.2, 0.25) is 0 Å². The largest absolute Gasteiger partial charge is 0.508 e. The van der Waals surface area contributed by atoms with Crippen LogP contribution in [0.1, 0.15) is 113 Å². The van der Waals surface area contributed by atoms with E-state index in [9.17, 15) is 24.9 Å². The zero-order valence-electron chi connectivity index (χ0n) is 23.3. The van der Waals surface area contributed by atoms with Crippen molar-refractivity contribution in [1.82, 2.24) is 0 Å². The van der Waals surface area contributed by atoms with E-state index in [1.807, 2.05) is 12.1 Å². The number of aromatic carboxylic acids is 1. The molecule has 1 heterocycles. The van der Waals surface area contributed by atoms with Gasteiger partial charge >= 0.3 is 11.9 Å². The molecule has 6 heteroatoms. The second-order valence-electron chi connectivity index (χ2n) is 10.3. The Morgan fingerprint density at radius 2 is 1.15 bits per heavy atom. The first-order valence-electron chi connectivity index (χ1n) is 14.0. The molecule has 0 aliphatic carbocycles. The van der Waals surface area contributed by atoms with Crippen LogP contribution in [0.5, 0.6) is 11.5 Å². The van der Waals surface area contributed by atoms with Gasteiger partial charge in [-0.15, -0.1) is 0 Å². The van der Waals surface area contributed by atoms with Crippen molar-refractivity contribution in [1.29, 1.82) is 0 Å². The van der Waals surface area contributed by atoms with Crippen molar-refractivity contribution in [2.75, 3.05) is 0 Å². The van der Waals surface area contributed by atoms with E-state index in [-0.39, 0.29) is 22.6 Å². The van der Waals surface area contributed by atoms with Crippen LogP contribution >= 0.6 is 0 Å². The lowest BCUT2D eigenvalue weighted by atomic mass is 9.72. The third-order valence-electron chi connectivity index (χ3n) is 7.70. The summed E-state index contributed by atoms with van der Waals surface area (Å²) < 4.78 is 6.44. The lowest BCUT2D eigenvalue weighted by Gasteiger charge is -2.35. The zero-order valence-corrected chi connectivity index (χ0v) is 23.3. The molecular weight excluding hydrogens is 492 g/mol. The van der Waals surface area contributed by atoms with E-state index in [2.05, 4.69) is 27.7 Å². The number of aromatic hydroxyl groups is 2. The van der Waals surface area contributed by atoms with E-state index in [1.165, 1.54) is 6.07 Å². The summed E-state index contributed by atoms with van der Waals surface area (Å²) in [4.78, 5) is 25.9. The van der Waals surface area contributed by atoms with Gasteiger partial charge in [-0.05, 0) is 66.1 Å². The molecule has 1 aliphatic heterocycles. The molecule has 0 fully saturated rings. The maximum absolute atomic E-state index is 13.7. The molecule has 3 aromatic carbocycles. The fraction of sp³-hybridized carbons (Fsp3) is 0.394. The predicted molar refractivity (Wildman–Crippen MR) is 151 cm³/mol. The van der Waals surface area contributed by atoms with Gasteiger partial charge in [-0.1, -0.05) is 77.6 Å². The van der Waals surface area contributed by atoms with Crippen LogP contribution in [0.15, 0.2) is 42.5 Å². The molecule has 0 amide bonds. The first-order chi connectivity index (χ1) is 18.8. The molecule has 3 N–H and O–H groups in total. The van der Waals surface area contributed by atoms with Crippen LogP contribution in [0, 0.1) is 0 Å². The van der Waals surface area contributed by atoms with Crippen molar-refractivity contribution in [2.45, 2.75) is 84.7 Å². The number of hydrogen-bond donors (Lipinski definition) is 3. The molecule has 1 aliphatic rings. The van der Waals surface area contributed by atoms with Gasteiger partial charge < -0.3 is 20.1 Å². The monoisotopic (exact) mass is 530 g/mol. The van der Waals surface area contributed by atoms with Gasteiger partial charge in [-0.25, -0.2) is 9.59 Å². The predicted octanol–water partition coefficient (Wildman–Crippen LogP) is 7.07. The summed E-state index contributed by atoms with van der Waals surface area (Å²) in [5.74, 6) is -1.48. The molecule has 4 rings (SSSR count). The molecule has 0 atom stereocenters. The van der Waals surface area contributed by atoms with Crippen molar-refractivity contribution in [2.24, 2.45) is 0 Å². The first-order valence-corrected chi connectivity index (χ1v) is 14.0. The number of ether oxygens (including phenoxy) is 1. The maximum atomic E-state index is 13.7. The topological polar surface area (TPSA) is 104 Å². The average molecular weight is 531 g/mol. The Morgan fingerprint density at radius 1 is 0.692 bits per heavy atom. The van der Waals surface area contributed by atoms with E-state index < -0.39 is 17.5 Å². The Labute approximate surface area is 230 Å². The number of esters is 1. The number of carbonyl (C=O) groups is 2. The van der Waals surface area contributed by atoms with Gasteiger partial charge in [0.2, 0.25) is 0 Å². The number of fused-ring (bicyclic) bond motifs is 1. The lowest BCUT2D eigenvalue weighted by Crippen LogP contribution is -2.33. The van der Waals surface area contributed by atoms with Crippen LogP contribution in [-0.4, -0.2) is 27.3 Å². The summed E-state index contributed by atoms with van der Waals surface area (Å²) in [6.45, 7) is 8.24. The number of phenolic OH excluding ortho intramolecular Hbond substituents is 2. The van der Waals surface area contributed by atoms with E-state index >= 15 is 0 Å². The van der Waals surface area contributed by atoms with Gasteiger partial charge in [-0.2, -0.15) is 0 Å². The highest BCUT2D eigenvalue weighted by atomic mass is 16.6. The lowest BCUT2D eigenvalue weighted by molar-refractivity contribution is 0.0243. The molecule has 0 bridgehead atoms. The van der Waals surface area contributed by atoms with E-state index in [0.717, 1.165) is 59.1 Å². The Kier molecular flexibility index (Phi) is 8.34. The molecule has 0 saturated carbocycles. The van der Waals surface area contributed by atoms with Gasteiger partial charge in [0.25, 0.3) is 0 Å². The summed E-state index contributed by atoms with van der Waals surface area (Å²) in [6.07, 6.45) is 5.85. The Bertz CT molecular complexity index is 1340. The van der Waals surface area contributed by atoms with Crippen LogP contribution in [0.4, 0.5) is 0 Å². The fourth-order valence-corrected chi connectivity index (χ4v) is 6.18. The summed E-state index contributed by atoms with van der Waals surface area (Å²) in [6, 6.07) is 11.8. The molecule has 3 aromatic rings. The van der Waals surface area contributed by atoms with Crippen molar-refractivity contribution in [3.05, 3.63) is 92.5 Å². The smallest absolute Gasteiger partial charge is 0.341 e. The molecule has 39 heavy (non-hydrogen) atoms. The standard InChI is InChI=1S/C33H38O6/c1-5-10-20-22(12-7-3)28(34)18-16-25(20)33(26-17-19-29(35)23(13-8-4)21(26)11-6-2)27-15-9-14-24(31(36)37)30(27)32(38)39-33/h9,14-19,34-35H,5-8,10-13H2,1-4H3,(H,36,37). The molecule has 0 aromatic heterocycles. The van der Waals surface area contributed by atoms with Crippen molar-refractivity contribution in [3.8, 4) is 11.5 Å². The van der Waals surface area contributed by atoms with Crippen LogP contribution < -0.4 is 0 Å². The average Bonchev–Trinajstić information content (AvgIpc) is 3.21. The number of carboxylic acids is 1. The van der Waals surface area contributed by atoms with Crippen molar-refractivity contribution in [3.63, 3.8) is 0 Å². The number of carbonyl (C=O) groups excluding carboxylic acids is 1. The zero-order chi connectivity index (χ0) is 28.3. The molecule has 0 radical (unpaired) electrons. The second kappa shape index (κ2) is 11.5. The summed E-state index contributed by atoms with van der Waals surface area (Å²) in [5, 5.41) is 31.8. The third-order valence-corrected chi connectivity index (χ3v) is 7.70. The minimum absolute atomic E-state index is 0.0464. The maximum Gasteiger partial charge on any atom is 0.341 e. The van der Waals surface area contributed by atoms with Gasteiger partial charge in [0.05, 0.1) is 11.1 Å². The SMILES string of the molecule is CCCc1c(O)ccc(C2(c3ccc(O)c(CCC)c3CCC)OC(=O)c3c(C(=O)O)cccc32)c1CCC. The van der Waals surface area contributed by atoms with Gasteiger partial charge in [0.1, 0.15) is 11.5 Å². The number of phenols is 2. The minimum Gasteiger partial charge on any atom is -0.508 e. The Morgan fingerprint density at radius 3 is 1.59 bits per heavy atom. The summed E-state index contributed by atoms with van der Waals surface area (Å²) in [5.41, 5.74) is 3.90. The highest BCUT2D eigenvalue weighted by Crippen LogP contribution is 2.52. The van der Waals surface area contributed by atoms with Crippen LogP contribution in [0.25, 0.3) is 0 Å². The molecular formula is C33H38O6. The summed E-state index contributed by atoms with van der Waals surface area (Å²) >= 11 is 0. The fourth-order valence-electron chi connectivity index (χ4n) is 6.18. The number of benzene rings is 3. The normalized spacial score (nSPS) is 13.8.